The van der Waals surface area contributed by atoms with E-state index in [4.69, 9.17) is 0 Å². The maximum atomic E-state index is 12.4. The van der Waals surface area contributed by atoms with Gasteiger partial charge in [-0.3, -0.25) is 4.79 Å². The van der Waals surface area contributed by atoms with Crippen LogP contribution in [0.3, 0.4) is 0 Å². The molecule has 3 heterocycles. The second-order valence-electron chi connectivity index (χ2n) is 6.24. The molecule has 0 aliphatic heterocycles. The maximum Gasteiger partial charge on any atom is 0.348 e. The zero-order chi connectivity index (χ0) is 19.7. The van der Waals surface area contributed by atoms with Gasteiger partial charge in [0.1, 0.15) is 10.5 Å². The number of carbonyl (C=O) groups is 2. The molecule has 0 aliphatic rings. The number of aryl methyl sites for hydroxylation is 1. The molecule has 7 heteroatoms. The largest absolute Gasteiger partial charge is 0.465 e. The molecule has 0 saturated heterocycles. The molecule has 4 aromatic rings. The number of imidazole rings is 1. The Hall–Kier alpha value is -3.45. The van der Waals surface area contributed by atoms with Crippen molar-refractivity contribution in [2.45, 2.75) is 6.92 Å². The van der Waals surface area contributed by atoms with Gasteiger partial charge in [0.25, 0.3) is 5.91 Å². The molecule has 1 N–H and O–H groups in total. The van der Waals surface area contributed by atoms with E-state index in [9.17, 15) is 9.59 Å². The lowest BCUT2D eigenvalue weighted by Gasteiger charge is -2.04. The predicted molar refractivity (Wildman–Crippen MR) is 109 cm³/mol. The monoisotopic (exact) mass is 391 g/mol. The summed E-state index contributed by atoms with van der Waals surface area (Å²) in [5, 5.41) is 2.84. The molecule has 6 nitrogen and oxygen atoms in total. The fraction of sp³-hybridized carbons (Fsp3) is 0.0952. The number of carbonyl (C=O) groups excluding carboxylic acids is 2. The van der Waals surface area contributed by atoms with Crippen molar-refractivity contribution in [1.82, 2.24) is 9.38 Å². The van der Waals surface area contributed by atoms with Gasteiger partial charge in [-0.05, 0) is 42.8 Å². The summed E-state index contributed by atoms with van der Waals surface area (Å²) >= 11 is 1.10. The van der Waals surface area contributed by atoms with Gasteiger partial charge in [0, 0.05) is 23.6 Å². The summed E-state index contributed by atoms with van der Waals surface area (Å²) in [4.78, 5) is 29.4. The van der Waals surface area contributed by atoms with Gasteiger partial charge in [-0.1, -0.05) is 18.2 Å². The molecule has 3 aromatic heterocycles. The zero-order valence-electron chi connectivity index (χ0n) is 15.3. The molecule has 0 atom stereocenters. The number of thiophene rings is 1. The Bertz CT molecular complexity index is 1180. The number of aromatic nitrogens is 2. The average Bonchev–Trinajstić information content (AvgIpc) is 3.36. The van der Waals surface area contributed by atoms with E-state index in [2.05, 4.69) is 15.0 Å². The van der Waals surface area contributed by atoms with Crippen LogP contribution in [0.25, 0.3) is 16.9 Å². The fourth-order valence-electron chi connectivity index (χ4n) is 2.88. The van der Waals surface area contributed by atoms with Crippen LogP contribution < -0.4 is 5.32 Å². The third-order valence-corrected chi connectivity index (χ3v) is 5.40. The number of benzene rings is 1. The Labute approximate surface area is 165 Å². The number of hydrogen-bond donors (Lipinski definition) is 1. The maximum absolute atomic E-state index is 12.4. The zero-order valence-corrected chi connectivity index (χ0v) is 16.1. The SMILES string of the molecule is COC(=O)c1ccc(C(=O)Nc2ccc(-c3cn4cccc(C)c4n3)cc2)s1. The van der Waals surface area contributed by atoms with Crippen LogP contribution in [0.5, 0.6) is 0 Å². The molecule has 1 aromatic carbocycles. The number of methoxy groups -OCH3 is 1. The number of hydrogen-bond acceptors (Lipinski definition) is 5. The number of anilines is 1. The molecule has 4 rings (SSSR count). The second kappa shape index (κ2) is 7.28. The average molecular weight is 391 g/mol. The third-order valence-electron chi connectivity index (χ3n) is 4.33. The van der Waals surface area contributed by atoms with Gasteiger partial charge in [-0.15, -0.1) is 11.3 Å². The minimum Gasteiger partial charge on any atom is -0.465 e. The summed E-state index contributed by atoms with van der Waals surface area (Å²) in [5.74, 6) is -0.715. The second-order valence-corrected chi connectivity index (χ2v) is 7.32. The number of nitrogens with zero attached hydrogens (tertiary/aromatic N) is 2. The highest BCUT2D eigenvalue weighted by molar-refractivity contribution is 7.16. The first-order valence-electron chi connectivity index (χ1n) is 8.59. The summed E-state index contributed by atoms with van der Waals surface area (Å²) in [7, 11) is 1.31. The van der Waals surface area contributed by atoms with E-state index in [-0.39, 0.29) is 5.91 Å². The van der Waals surface area contributed by atoms with Crippen molar-refractivity contribution in [3.63, 3.8) is 0 Å². The van der Waals surface area contributed by atoms with Crippen molar-refractivity contribution < 1.29 is 14.3 Å². The normalized spacial score (nSPS) is 10.8. The lowest BCUT2D eigenvalue weighted by Crippen LogP contribution is -2.09. The standard InChI is InChI=1S/C21H17N3O3S/c1-13-4-3-11-24-12-16(23-19(13)24)14-5-7-15(8-6-14)22-20(25)17-9-10-18(28-17)21(26)27-2/h3-12H,1-2H3,(H,22,25). The first-order chi connectivity index (χ1) is 13.5. The summed E-state index contributed by atoms with van der Waals surface area (Å²) in [6.45, 7) is 2.03. The summed E-state index contributed by atoms with van der Waals surface area (Å²) in [5.41, 5.74) is 4.54. The van der Waals surface area contributed by atoms with Crippen LogP contribution >= 0.6 is 11.3 Å². The Morgan fingerprint density at radius 1 is 1.07 bits per heavy atom. The van der Waals surface area contributed by atoms with Gasteiger partial charge in [-0.25, -0.2) is 9.78 Å². The lowest BCUT2D eigenvalue weighted by atomic mass is 10.1. The van der Waals surface area contributed by atoms with Gasteiger partial charge >= 0.3 is 5.97 Å². The Kier molecular flexibility index (Phi) is 4.67. The van der Waals surface area contributed by atoms with Crippen LogP contribution in [0.4, 0.5) is 5.69 Å². The minimum atomic E-state index is -0.448. The first kappa shape index (κ1) is 17.9. The lowest BCUT2D eigenvalue weighted by molar-refractivity contribution is 0.0606. The van der Waals surface area contributed by atoms with Crippen molar-refractivity contribution in [3.8, 4) is 11.3 Å². The van der Waals surface area contributed by atoms with Crippen LogP contribution in [-0.4, -0.2) is 28.4 Å². The molecule has 0 aliphatic carbocycles. The van der Waals surface area contributed by atoms with Crippen molar-refractivity contribution in [2.24, 2.45) is 0 Å². The smallest absolute Gasteiger partial charge is 0.348 e. The molecule has 28 heavy (non-hydrogen) atoms. The van der Waals surface area contributed by atoms with Crippen molar-refractivity contribution in [1.29, 1.82) is 0 Å². The van der Waals surface area contributed by atoms with Crippen molar-refractivity contribution >= 4 is 34.5 Å². The molecule has 0 bridgehead atoms. The number of fused-ring (bicyclic) bond motifs is 1. The van der Waals surface area contributed by atoms with Gasteiger partial charge in [-0.2, -0.15) is 0 Å². The van der Waals surface area contributed by atoms with E-state index in [1.807, 2.05) is 60.1 Å². The molecule has 0 saturated carbocycles. The van der Waals surface area contributed by atoms with Crippen LogP contribution in [-0.2, 0) is 4.74 Å². The Balaban J connectivity index is 1.51. The quantitative estimate of drug-likeness (QED) is 0.523. The van der Waals surface area contributed by atoms with Crippen LogP contribution in [0.1, 0.15) is 24.9 Å². The summed E-state index contributed by atoms with van der Waals surface area (Å²) in [6.07, 6.45) is 3.95. The van der Waals surface area contributed by atoms with Gasteiger partial charge in [0.05, 0.1) is 17.7 Å². The van der Waals surface area contributed by atoms with Gasteiger partial charge < -0.3 is 14.5 Å². The number of amides is 1. The fourth-order valence-corrected chi connectivity index (χ4v) is 3.70. The van der Waals surface area contributed by atoms with E-state index in [0.717, 1.165) is 33.8 Å². The topological polar surface area (TPSA) is 72.7 Å². The first-order valence-corrected chi connectivity index (χ1v) is 9.41. The molecule has 0 radical (unpaired) electrons. The molecular weight excluding hydrogens is 374 g/mol. The van der Waals surface area contributed by atoms with Gasteiger partial charge in [0.2, 0.25) is 0 Å². The van der Waals surface area contributed by atoms with Crippen molar-refractivity contribution in [3.05, 3.63) is 76.2 Å². The van der Waals surface area contributed by atoms with Crippen LogP contribution in [0.15, 0.2) is 60.9 Å². The number of nitrogens with one attached hydrogen (secondary N) is 1. The Morgan fingerprint density at radius 2 is 1.82 bits per heavy atom. The summed E-state index contributed by atoms with van der Waals surface area (Å²) in [6, 6.07) is 14.7. The number of ether oxygens (including phenoxy) is 1. The highest BCUT2D eigenvalue weighted by Gasteiger charge is 2.14. The van der Waals surface area contributed by atoms with Gasteiger partial charge in [0.15, 0.2) is 0 Å². The predicted octanol–water partition coefficient (Wildman–Crippen LogP) is 4.41. The summed E-state index contributed by atoms with van der Waals surface area (Å²) < 4.78 is 6.66. The molecular formula is C21H17N3O3S. The molecule has 0 fully saturated rings. The van der Waals surface area contributed by atoms with Crippen LogP contribution in [0.2, 0.25) is 0 Å². The minimum absolute atomic E-state index is 0.267. The third kappa shape index (κ3) is 3.39. The molecule has 140 valence electrons. The van der Waals surface area contributed by atoms with E-state index in [1.54, 1.807) is 12.1 Å². The number of pyridine rings is 1. The Morgan fingerprint density at radius 3 is 2.54 bits per heavy atom. The van der Waals surface area contributed by atoms with E-state index in [0.29, 0.717) is 15.4 Å². The molecule has 0 unspecified atom stereocenters. The van der Waals surface area contributed by atoms with Crippen LogP contribution in [0, 0.1) is 6.92 Å². The highest BCUT2D eigenvalue weighted by atomic mass is 32.1. The van der Waals surface area contributed by atoms with E-state index >= 15 is 0 Å². The van der Waals surface area contributed by atoms with E-state index in [1.165, 1.54) is 7.11 Å². The number of esters is 1. The molecule has 0 spiro atoms. The van der Waals surface area contributed by atoms with E-state index < -0.39 is 5.97 Å². The number of rotatable bonds is 4. The highest BCUT2D eigenvalue weighted by Crippen LogP contribution is 2.23. The molecule has 1 amide bonds. The van der Waals surface area contributed by atoms with Crippen molar-refractivity contribution in [2.75, 3.05) is 12.4 Å².